The van der Waals surface area contributed by atoms with Crippen molar-refractivity contribution < 1.29 is 4.74 Å². The Morgan fingerprint density at radius 3 is 2.19 bits per heavy atom. The minimum Gasteiger partial charge on any atom is -0.497 e. The van der Waals surface area contributed by atoms with Crippen LogP contribution in [0.25, 0.3) is 11.4 Å². The predicted molar refractivity (Wildman–Crippen MR) is 108 cm³/mol. The van der Waals surface area contributed by atoms with Gasteiger partial charge in [0, 0.05) is 18.4 Å². The molecule has 0 saturated carbocycles. The number of aromatic nitrogens is 3. The Bertz CT molecular complexity index is 862. The maximum Gasteiger partial charge on any atom is 0.191 e. The summed E-state index contributed by atoms with van der Waals surface area (Å²) in [4.78, 5) is 0. The molecule has 0 amide bonds. The minimum absolute atomic E-state index is 0.183. The van der Waals surface area contributed by atoms with Crippen molar-refractivity contribution >= 4 is 11.8 Å². The second kappa shape index (κ2) is 7.54. The summed E-state index contributed by atoms with van der Waals surface area (Å²) in [6.45, 7) is 6.70. The zero-order valence-corrected chi connectivity index (χ0v) is 16.8. The van der Waals surface area contributed by atoms with Crippen molar-refractivity contribution in [2.24, 2.45) is 7.05 Å². The molecule has 2 aromatic carbocycles. The Balaban J connectivity index is 1.70. The van der Waals surface area contributed by atoms with E-state index in [1.165, 1.54) is 11.1 Å². The van der Waals surface area contributed by atoms with Crippen LogP contribution in [0, 0.1) is 0 Å². The van der Waals surface area contributed by atoms with Crippen molar-refractivity contribution in [3.8, 4) is 17.1 Å². The van der Waals surface area contributed by atoms with E-state index in [1.54, 1.807) is 18.9 Å². The van der Waals surface area contributed by atoms with Gasteiger partial charge in [0.2, 0.25) is 0 Å². The Hall–Kier alpha value is -2.27. The van der Waals surface area contributed by atoms with Crippen LogP contribution in [0.4, 0.5) is 0 Å². The highest BCUT2D eigenvalue weighted by Crippen LogP contribution is 2.27. The van der Waals surface area contributed by atoms with Gasteiger partial charge >= 0.3 is 0 Å². The number of benzene rings is 2. The Morgan fingerprint density at radius 2 is 1.62 bits per heavy atom. The summed E-state index contributed by atoms with van der Waals surface area (Å²) >= 11 is 1.70. The smallest absolute Gasteiger partial charge is 0.191 e. The summed E-state index contributed by atoms with van der Waals surface area (Å²) in [6.07, 6.45) is 0. The van der Waals surface area contributed by atoms with Gasteiger partial charge in [-0.1, -0.05) is 56.8 Å². The van der Waals surface area contributed by atoms with E-state index < -0.39 is 0 Å². The Morgan fingerprint density at radius 1 is 0.962 bits per heavy atom. The summed E-state index contributed by atoms with van der Waals surface area (Å²) in [7, 11) is 3.67. The van der Waals surface area contributed by atoms with E-state index in [0.29, 0.717) is 0 Å². The second-order valence-electron chi connectivity index (χ2n) is 7.33. The van der Waals surface area contributed by atoms with E-state index in [-0.39, 0.29) is 5.41 Å². The van der Waals surface area contributed by atoms with Gasteiger partial charge < -0.3 is 9.30 Å². The first kappa shape index (κ1) is 18.5. The van der Waals surface area contributed by atoms with E-state index in [9.17, 15) is 0 Å². The molecule has 3 rings (SSSR count). The molecule has 1 heterocycles. The largest absolute Gasteiger partial charge is 0.497 e. The number of hydrogen-bond donors (Lipinski definition) is 0. The molecule has 0 aliphatic rings. The lowest BCUT2D eigenvalue weighted by Crippen LogP contribution is -2.10. The topological polar surface area (TPSA) is 39.9 Å². The average molecular weight is 368 g/mol. The minimum atomic E-state index is 0.183. The fourth-order valence-corrected chi connectivity index (χ4v) is 3.55. The number of hydrogen-bond acceptors (Lipinski definition) is 4. The normalized spacial score (nSPS) is 11.6. The van der Waals surface area contributed by atoms with Gasteiger partial charge in [0.1, 0.15) is 5.75 Å². The van der Waals surface area contributed by atoms with Crippen LogP contribution in [0.15, 0.2) is 53.7 Å². The number of thioether (sulfide) groups is 1. The van der Waals surface area contributed by atoms with Crippen molar-refractivity contribution in [3.05, 3.63) is 59.7 Å². The molecule has 0 N–H and O–H groups in total. The lowest BCUT2D eigenvalue weighted by atomic mass is 9.87. The van der Waals surface area contributed by atoms with Gasteiger partial charge in [-0.3, -0.25) is 0 Å². The lowest BCUT2D eigenvalue weighted by Gasteiger charge is -2.19. The molecule has 0 atom stereocenters. The molecule has 0 unspecified atom stereocenters. The second-order valence-corrected chi connectivity index (χ2v) is 8.27. The summed E-state index contributed by atoms with van der Waals surface area (Å²) < 4.78 is 7.25. The van der Waals surface area contributed by atoms with Gasteiger partial charge in [-0.2, -0.15) is 0 Å². The molecule has 0 saturated heterocycles. The first-order valence-corrected chi connectivity index (χ1v) is 9.63. The first-order chi connectivity index (χ1) is 12.4. The molecule has 0 aliphatic heterocycles. The molecule has 0 fully saturated rings. The molecule has 0 bridgehead atoms. The molecule has 4 nitrogen and oxygen atoms in total. The fraction of sp³-hybridized carbons (Fsp3) is 0.333. The summed E-state index contributed by atoms with van der Waals surface area (Å²) in [6, 6.07) is 16.7. The summed E-state index contributed by atoms with van der Waals surface area (Å²) in [5, 5.41) is 9.62. The zero-order chi connectivity index (χ0) is 18.7. The summed E-state index contributed by atoms with van der Waals surface area (Å²) in [5.74, 6) is 2.57. The maximum absolute atomic E-state index is 5.21. The third-order valence-electron chi connectivity index (χ3n) is 4.37. The number of nitrogens with zero attached hydrogens (tertiary/aromatic N) is 3. The zero-order valence-electron chi connectivity index (χ0n) is 16.0. The van der Waals surface area contributed by atoms with Gasteiger partial charge in [-0.25, -0.2) is 0 Å². The van der Waals surface area contributed by atoms with Crippen LogP contribution in [-0.4, -0.2) is 21.9 Å². The summed E-state index contributed by atoms with van der Waals surface area (Å²) in [5.41, 5.74) is 3.86. The van der Waals surface area contributed by atoms with Crippen molar-refractivity contribution in [2.45, 2.75) is 37.1 Å². The van der Waals surface area contributed by atoms with E-state index in [0.717, 1.165) is 28.0 Å². The van der Waals surface area contributed by atoms with Crippen LogP contribution < -0.4 is 4.74 Å². The highest BCUT2D eigenvalue weighted by atomic mass is 32.2. The van der Waals surface area contributed by atoms with Crippen LogP contribution in [0.3, 0.4) is 0 Å². The first-order valence-electron chi connectivity index (χ1n) is 8.64. The van der Waals surface area contributed by atoms with Crippen LogP contribution in [-0.2, 0) is 18.2 Å². The van der Waals surface area contributed by atoms with Crippen molar-refractivity contribution in [1.82, 2.24) is 14.8 Å². The van der Waals surface area contributed by atoms with Crippen molar-refractivity contribution in [3.63, 3.8) is 0 Å². The standard InChI is InChI=1S/C21H25N3OS/c1-21(2,3)17-10-6-15(7-11-17)14-26-20-23-22-19(24(20)4)16-8-12-18(25-5)13-9-16/h6-13H,14H2,1-5H3. The molecule has 26 heavy (non-hydrogen) atoms. The van der Waals surface area contributed by atoms with Gasteiger partial charge in [0.15, 0.2) is 11.0 Å². The molecular formula is C21H25N3OS. The highest BCUT2D eigenvalue weighted by molar-refractivity contribution is 7.98. The Kier molecular flexibility index (Phi) is 5.37. The quantitative estimate of drug-likeness (QED) is 0.590. The van der Waals surface area contributed by atoms with Crippen LogP contribution >= 0.6 is 11.8 Å². The SMILES string of the molecule is COc1ccc(-c2nnc(SCc3ccc(C(C)(C)C)cc3)n2C)cc1. The van der Waals surface area contributed by atoms with E-state index in [1.807, 2.05) is 35.9 Å². The van der Waals surface area contributed by atoms with Crippen LogP contribution in [0.1, 0.15) is 31.9 Å². The maximum atomic E-state index is 5.21. The molecule has 0 radical (unpaired) electrons. The third-order valence-corrected chi connectivity index (χ3v) is 5.46. The molecule has 1 aromatic heterocycles. The average Bonchev–Trinajstić information content (AvgIpc) is 3.00. The Labute approximate surface area is 159 Å². The van der Waals surface area contributed by atoms with Crippen molar-refractivity contribution in [1.29, 1.82) is 0 Å². The molecular weight excluding hydrogens is 342 g/mol. The highest BCUT2D eigenvalue weighted by Gasteiger charge is 2.14. The number of ether oxygens (including phenoxy) is 1. The van der Waals surface area contributed by atoms with Crippen LogP contribution in [0.2, 0.25) is 0 Å². The molecule has 0 spiro atoms. The lowest BCUT2D eigenvalue weighted by molar-refractivity contribution is 0.415. The fourth-order valence-electron chi connectivity index (χ4n) is 2.68. The van der Waals surface area contributed by atoms with Gasteiger partial charge in [-0.05, 0) is 40.8 Å². The molecule has 3 aromatic rings. The number of rotatable bonds is 5. The predicted octanol–water partition coefficient (Wildman–Crippen LogP) is 5.08. The van der Waals surface area contributed by atoms with E-state index in [4.69, 9.17) is 4.74 Å². The van der Waals surface area contributed by atoms with Crippen LogP contribution in [0.5, 0.6) is 5.75 Å². The third kappa shape index (κ3) is 4.10. The molecule has 5 heteroatoms. The molecule has 136 valence electrons. The monoisotopic (exact) mass is 367 g/mol. The van der Waals surface area contributed by atoms with E-state index in [2.05, 4.69) is 55.2 Å². The molecule has 0 aliphatic carbocycles. The van der Waals surface area contributed by atoms with Gasteiger partial charge in [0.25, 0.3) is 0 Å². The number of methoxy groups -OCH3 is 1. The van der Waals surface area contributed by atoms with Crippen molar-refractivity contribution in [2.75, 3.05) is 7.11 Å². The van der Waals surface area contributed by atoms with Gasteiger partial charge in [-0.15, -0.1) is 10.2 Å². The van der Waals surface area contributed by atoms with Gasteiger partial charge in [0.05, 0.1) is 7.11 Å². The van der Waals surface area contributed by atoms with E-state index >= 15 is 0 Å².